The van der Waals surface area contributed by atoms with Crippen molar-refractivity contribution in [2.45, 2.75) is 46.6 Å². The fraction of sp³-hybridized carbons (Fsp3) is 0.273. The molecule has 2 aliphatic carbocycles. The van der Waals surface area contributed by atoms with Crippen molar-refractivity contribution in [3.05, 3.63) is 120 Å². The van der Waals surface area contributed by atoms with Gasteiger partial charge < -0.3 is 0 Å². The van der Waals surface area contributed by atoms with E-state index in [9.17, 15) is 0 Å². The number of benzene rings is 3. The maximum absolute atomic E-state index is 15.2. The van der Waals surface area contributed by atoms with E-state index in [0.29, 0.717) is 28.8 Å². The summed E-state index contributed by atoms with van der Waals surface area (Å²) in [7, 11) is 0. The summed E-state index contributed by atoms with van der Waals surface area (Å²) in [6.45, 7) is 8.09. The highest BCUT2D eigenvalue weighted by Crippen LogP contribution is 2.44. The van der Waals surface area contributed by atoms with Crippen LogP contribution in [-0.2, 0) is 0 Å². The number of aliphatic imine (C=N–C) groups is 2. The van der Waals surface area contributed by atoms with Crippen LogP contribution in [0.1, 0.15) is 51.7 Å². The Bertz CT molecular complexity index is 1290. The molecule has 0 spiro atoms. The van der Waals surface area contributed by atoms with Crippen molar-refractivity contribution < 1.29 is 4.39 Å². The number of allylic oxidation sites excluding steroid dienone is 3. The summed E-state index contributed by atoms with van der Waals surface area (Å²) in [6.07, 6.45) is 9.14. The van der Waals surface area contributed by atoms with Crippen LogP contribution in [0.2, 0.25) is 0 Å². The molecule has 184 valence electrons. The predicted octanol–water partition coefficient (Wildman–Crippen LogP) is 8.69. The van der Waals surface area contributed by atoms with Crippen molar-refractivity contribution >= 4 is 11.5 Å². The van der Waals surface area contributed by atoms with Crippen LogP contribution in [0.15, 0.2) is 113 Å². The lowest BCUT2D eigenvalue weighted by Crippen LogP contribution is -2.11. The molecule has 5 rings (SSSR count). The fourth-order valence-electron chi connectivity index (χ4n) is 4.52. The standard InChI is InChI=1S/C31H29FN2.C2H6/c1-21(23-10-5-3-6-11-23)33-31(34-22(2)25-14-9-15-26-19-28(26)18-25)27-16-17-29(30(32)20-27)24-12-7-4-8-13-24;1-2/h3-13,15-18,20,22,26,28H,14,19H2,1-2H3;1-2H3. The maximum Gasteiger partial charge on any atom is 0.155 e. The average Bonchev–Trinajstić information content (AvgIpc) is 3.69. The molecule has 3 aromatic rings. The van der Waals surface area contributed by atoms with E-state index in [0.717, 1.165) is 23.3 Å². The minimum atomic E-state index is -0.269. The Balaban J connectivity index is 0.00000148. The quantitative estimate of drug-likeness (QED) is 0.199. The van der Waals surface area contributed by atoms with Crippen molar-refractivity contribution in [3.8, 4) is 11.1 Å². The van der Waals surface area contributed by atoms with Gasteiger partial charge in [0.25, 0.3) is 0 Å². The summed E-state index contributed by atoms with van der Waals surface area (Å²) in [5.41, 5.74) is 5.33. The summed E-state index contributed by atoms with van der Waals surface area (Å²) >= 11 is 0. The number of fused-ring (bicyclic) bond motifs is 1. The van der Waals surface area contributed by atoms with Gasteiger partial charge in [0.05, 0.1) is 6.04 Å². The smallest absolute Gasteiger partial charge is 0.155 e. The molecule has 0 amide bonds. The van der Waals surface area contributed by atoms with E-state index in [1.165, 1.54) is 12.0 Å². The monoisotopic (exact) mass is 478 g/mol. The van der Waals surface area contributed by atoms with Crippen LogP contribution in [0.25, 0.3) is 11.1 Å². The Morgan fingerprint density at radius 1 is 0.889 bits per heavy atom. The molecule has 3 unspecified atom stereocenters. The van der Waals surface area contributed by atoms with Gasteiger partial charge in [-0.1, -0.05) is 105 Å². The third-order valence-corrected chi connectivity index (χ3v) is 6.69. The molecule has 0 aliphatic heterocycles. The number of amidine groups is 1. The van der Waals surface area contributed by atoms with Crippen LogP contribution in [0.3, 0.4) is 0 Å². The van der Waals surface area contributed by atoms with Crippen LogP contribution in [0.4, 0.5) is 4.39 Å². The first kappa shape index (κ1) is 25.5. The van der Waals surface area contributed by atoms with Crippen molar-refractivity contribution in [2.75, 3.05) is 0 Å². The molecule has 0 radical (unpaired) electrons. The van der Waals surface area contributed by atoms with Gasteiger partial charge in [0.2, 0.25) is 0 Å². The summed E-state index contributed by atoms with van der Waals surface area (Å²) < 4.78 is 15.2. The van der Waals surface area contributed by atoms with Gasteiger partial charge in [0.15, 0.2) is 5.84 Å². The zero-order chi connectivity index (χ0) is 25.5. The molecule has 3 aromatic carbocycles. The summed E-state index contributed by atoms with van der Waals surface area (Å²) in [4.78, 5) is 9.94. The van der Waals surface area contributed by atoms with E-state index >= 15 is 4.39 Å². The van der Waals surface area contributed by atoms with Crippen molar-refractivity contribution in [1.29, 1.82) is 0 Å². The highest BCUT2D eigenvalue weighted by atomic mass is 19.1. The van der Waals surface area contributed by atoms with Crippen LogP contribution in [0.5, 0.6) is 0 Å². The van der Waals surface area contributed by atoms with E-state index in [-0.39, 0.29) is 11.9 Å². The van der Waals surface area contributed by atoms with Gasteiger partial charge in [-0.05, 0) is 61.3 Å². The molecule has 0 aromatic heterocycles. The van der Waals surface area contributed by atoms with Gasteiger partial charge in [-0.15, -0.1) is 0 Å². The molecule has 0 heterocycles. The maximum atomic E-state index is 15.2. The lowest BCUT2D eigenvalue weighted by molar-refractivity contribution is 0.631. The molecular weight excluding hydrogens is 443 g/mol. The van der Waals surface area contributed by atoms with Crippen LogP contribution >= 0.6 is 0 Å². The molecule has 2 aliphatic rings. The first-order valence-corrected chi connectivity index (χ1v) is 13.0. The molecule has 2 nitrogen and oxygen atoms in total. The van der Waals surface area contributed by atoms with E-state index < -0.39 is 0 Å². The number of nitrogens with zero attached hydrogens (tertiary/aromatic N) is 2. The highest BCUT2D eigenvalue weighted by molar-refractivity contribution is 6.11. The van der Waals surface area contributed by atoms with Gasteiger partial charge in [0, 0.05) is 16.8 Å². The normalized spacial score (nSPS) is 19.9. The van der Waals surface area contributed by atoms with E-state index in [1.54, 1.807) is 6.07 Å². The van der Waals surface area contributed by atoms with Crippen molar-refractivity contribution in [1.82, 2.24) is 0 Å². The van der Waals surface area contributed by atoms with Crippen molar-refractivity contribution in [2.24, 2.45) is 21.8 Å². The third-order valence-electron chi connectivity index (χ3n) is 6.69. The second-order valence-corrected chi connectivity index (χ2v) is 9.19. The molecule has 3 heteroatoms. The molecule has 0 bridgehead atoms. The predicted molar refractivity (Wildman–Crippen MR) is 151 cm³/mol. The zero-order valence-electron chi connectivity index (χ0n) is 21.7. The third kappa shape index (κ3) is 6.15. The summed E-state index contributed by atoms with van der Waals surface area (Å²) in [5.74, 6) is 1.64. The van der Waals surface area contributed by atoms with Crippen LogP contribution < -0.4 is 0 Å². The van der Waals surface area contributed by atoms with Gasteiger partial charge in [0.1, 0.15) is 5.82 Å². The van der Waals surface area contributed by atoms with Gasteiger partial charge >= 0.3 is 0 Å². The zero-order valence-corrected chi connectivity index (χ0v) is 21.7. The van der Waals surface area contributed by atoms with Crippen LogP contribution in [-0.4, -0.2) is 17.6 Å². The number of hydrogen-bond donors (Lipinski definition) is 0. The Morgan fingerprint density at radius 3 is 2.28 bits per heavy atom. The molecule has 0 N–H and O–H groups in total. The van der Waals surface area contributed by atoms with Gasteiger partial charge in [-0.25, -0.2) is 9.38 Å². The number of hydrogen-bond acceptors (Lipinski definition) is 1. The first-order chi connectivity index (χ1) is 17.6. The Morgan fingerprint density at radius 2 is 1.58 bits per heavy atom. The van der Waals surface area contributed by atoms with Gasteiger partial charge in [-0.2, -0.15) is 0 Å². The lowest BCUT2D eigenvalue weighted by atomic mass is 10.0. The molecule has 0 saturated heterocycles. The van der Waals surface area contributed by atoms with Crippen LogP contribution in [0, 0.1) is 17.7 Å². The van der Waals surface area contributed by atoms with E-state index in [2.05, 4.69) is 25.2 Å². The second-order valence-electron chi connectivity index (χ2n) is 9.19. The summed E-state index contributed by atoms with van der Waals surface area (Å²) in [6, 6.07) is 25.0. The Kier molecular flexibility index (Phi) is 8.43. The molecule has 1 saturated carbocycles. The molecule has 3 atom stereocenters. The van der Waals surface area contributed by atoms with Gasteiger partial charge in [-0.3, -0.25) is 4.99 Å². The fourth-order valence-corrected chi connectivity index (χ4v) is 4.52. The SMILES string of the molecule is CC.CC(=NC(=NC(C)C1=CC2CC2C=CC1)c1ccc(-c2ccccc2)c(F)c1)c1ccccc1. The number of halogens is 1. The Labute approximate surface area is 215 Å². The Hall–Kier alpha value is -3.59. The topological polar surface area (TPSA) is 24.7 Å². The highest BCUT2D eigenvalue weighted by Gasteiger charge is 2.34. The van der Waals surface area contributed by atoms with E-state index in [1.807, 2.05) is 93.6 Å². The van der Waals surface area contributed by atoms with E-state index in [4.69, 9.17) is 9.98 Å². The lowest BCUT2D eigenvalue weighted by Gasteiger charge is -2.14. The minimum Gasteiger partial charge on any atom is -0.259 e. The first-order valence-electron chi connectivity index (χ1n) is 13.0. The largest absolute Gasteiger partial charge is 0.259 e. The molecular formula is C33H35FN2. The second kappa shape index (κ2) is 11.9. The average molecular weight is 479 g/mol. The minimum absolute atomic E-state index is 0.0248. The number of rotatable bonds is 5. The van der Waals surface area contributed by atoms with Crippen molar-refractivity contribution in [3.63, 3.8) is 0 Å². The molecule has 36 heavy (non-hydrogen) atoms. The molecule has 1 fully saturated rings. The summed E-state index contributed by atoms with van der Waals surface area (Å²) in [5, 5.41) is 0.